The summed E-state index contributed by atoms with van der Waals surface area (Å²) in [5, 5.41) is 9.38. The first-order valence-electron chi connectivity index (χ1n) is 4.27. The van der Waals surface area contributed by atoms with Gasteiger partial charge >= 0.3 is 5.97 Å². The summed E-state index contributed by atoms with van der Waals surface area (Å²) < 4.78 is 0. The topological polar surface area (TPSA) is 37.3 Å². The van der Waals surface area contributed by atoms with Gasteiger partial charge in [-0.15, -0.1) is 0 Å². The van der Waals surface area contributed by atoms with Crippen LogP contribution in [0.1, 0.15) is 26.2 Å². The van der Waals surface area contributed by atoms with Crippen molar-refractivity contribution < 1.29 is 9.90 Å². The quantitative estimate of drug-likeness (QED) is 0.841. The molecule has 0 radical (unpaired) electrons. The van der Waals surface area contributed by atoms with Gasteiger partial charge in [-0.3, -0.25) is 4.79 Å². The Hall–Kier alpha value is 0.300. The lowest BCUT2D eigenvalue weighted by Crippen LogP contribution is -2.16. The van der Waals surface area contributed by atoms with Crippen LogP contribution in [0.4, 0.5) is 0 Å². The number of rotatable bonds is 3. The van der Waals surface area contributed by atoms with Crippen LogP contribution < -0.4 is 0 Å². The molecule has 1 aliphatic heterocycles. The van der Waals surface area contributed by atoms with Gasteiger partial charge in [-0.05, 0) is 45.1 Å². The predicted molar refractivity (Wildman–Crippen MR) is 57.2 cm³/mol. The monoisotopic (exact) mass is 254 g/mol. The van der Waals surface area contributed by atoms with E-state index in [-0.39, 0.29) is 0 Å². The summed E-state index contributed by atoms with van der Waals surface area (Å²) in [6.07, 6.45) is 3.53. The second-order valence-corrected chi connectivity index (χ2v) is 10.2. The van der Waals surface area contributed by atoms with Crippen LogP contribution in [0, 0.1) is 0 Å². The minimum absolute atomic E-state index is 0.353. The number of carboxylic acid groups (broad SMARTS) is 1. The molecule has 0 aromatic heterocycles. The van der Waals surface area contributed by atoms with Gasteiger partial charge in [0.1, 0.15) is 0 Å². The van der Waals surface area contributed by atoms with E-state index in [9.17, 15) is 4.79 Å². The fourth-order valence-electron chi connectivity index (χ4n) is 1.83. The van der Waals surface area contributed by atoms with Crippen molar-refractivity contribution in [2.45, 2.75) is 31.4 Å². The molecule has 1 heterocycles. The molecule has 2 unspecified atom stereocenters. The first-order chi connectivity index (χ1) is 5.58. The summed E-state index contributed by atoms with van der Waals surface area (Å²) in [5.74, 6) is 0.797. The van der Waals surface area contributed by atoms with E-state index in [2.05, 4.69) is 21.7 Å². The lowest BCUT2D eigenvalue weighted by atomic mass is 10.2. The Morgan fingerprint density at radius 2 is 2.42 bits per heavy atom. The van der Waals surface area contributed by atoms with E-state index in [0.29, 0.717) is 11.0 Å². The van der Waals surface area contributed by atoms with E-state index in [0.717, 1.165) is 12.2 Å². The molecule has 0 amide bonds. The number of carbonyl (C=O) groups is 1. The molecule has 0 bridgehead atoms. The molecule has 0 spiro atoms. The first-order valence-corrected chi connectivity index (χ1v) is 8.15. The average molecular weight is 255 g/mol. The van der Waals surface area contributed by atoms with E-state index < -0.39 is 14.4 Å². The Morgan fingerprint density at radius 1 is 1.75 bits per heavy atom. The predicted octanol–water partition coefficient (Wildman–Crippen LogP) is 2.76. The number of hydrogen-bond donors (Lipinski definition) is 1. The Morgan fingerprint density at radius 3 is 2.92 bits per heavy atom. The van der Waals surface area contributed by atoms with Gasteiger partial charge in [0.05, 0.1) is 5.75 Å². The summed E-state index contributed by atoms with van der Waals surface area (Å²) in [6.45, 7) is 2.15. The number of halogens is 1. The molecule has 0 aromatic rings. The minimum atomic E-state index is -0.981. The van der Waals surface area contributed by atoms with Gasteiger partial charge in [-0.1, -0.05) is 6.92 Å². The Balaban J connectivity index is 2.61. The highest BCUT2D eigenvalue weighted by Gasteiger charge is 2.36. The largest absolute Gasteiger partial charge is 0.481 e. The third-order valence-corrected chi connectivity index (χ3v) is 9.13. The highest BCUT2D eigenvalue weighted by Crippen LogP contribution is 2.65. The molecule has 1 rings (SSSR count). The van der Waals surface area contributed by atoms with Crippen molar-refractivity contribution in [2.24, 2.45) is 0 Å². The Kier molecular flexibility index (Phi) is 3.47. The van der Waals surface area contributed by atoms with Crippen molar-refractivity contribution in [1.29, 1.82) is 0 Å². The van der Waals surface area contributed by atoms with Crippen molar-refractivity contribution in [3.8, 4) is 0 Å². The maximum Gasteiger partial charge on any atom is 0.312 e. The molecule has 0 aliphatic carbocycles. The standard InChI is InChI=1S/C8H15BrO2S/c1-2-7-4-3-5-12(7,9)6-8(10)11/h7H,2-6H2,1H3,(H,10,11). The molecular formula is C8H15BrO2S. The summed E-state index contributed by atoms with van der Waals surface area (Å²) in [5.41, 5.74) is 0. The molecule has 0 aromatic carbocycles. The highest BCUT2D eigenvalue weighted by molar-refractivity contribution is 9.58. The van der Waals surface area contributed by atoms with E-state index >= 15 is 0 Å². The molecule has 1 aliphatic rings. The van der Waals surface area contributed by atoms with Crippen LogP contribution in [-0.4, -0.2) is 27.8 Å². The smallest absolute Gasteiger partial charge is 0.312 e. The van der Waals surface area contributed by atoms with Gasteiger partial charge in [0, 0.05) is 0 Å². The molecule has 2 nitrogen and oxygen atoms in total. The molecular weight excluding hydrogens is 240 g/mol. The van der Waals surface area contributed by atoms with E-state index in [1.807, 2.05) is 0 Å². The van der Waals surface area contributed by atoms with E-state index in [1.54, 1.807) is 0 Å². The van der Waals surface area contributed by atoms with Gasteiger partial charge in [-0.25, -0.2) is 0 Å². The summed E-state index contributed by atoms with van der Waals surface area (Å²) in [6, 6.07) is 0. The third-order valence-electron chi connectivity index (χ3n) is 2.43. The SMILES string of the molecule is CCC1CCCS1(Br)CC(=O)O. The van der Waals surface area contributed by atoms with Crippen LogP contribution in [0.5, 0.6) is 0 Å². The van der Waals surface area contributed by atoms with Crippen LogP contribution >= 0.6 is 23.3 Å². The molecule has 12 heavy (non-hydrogen) atoms. The lowest BCUT2D eigenvalue weighted by molar-refractivity contribution is -0.133. The third kappa shape index (κ3) is 2.16. The highest BCUT2D eigenvalue weighted by atomic mass is 79.9. The van der Waals surface area contributed by atoms with Gasteiger partial charge in [0.15, 0.2) is 0 Å². The van der Waals surface area contributed by atoms with Crippen molar-refractivity contribution in [1.82, 2.24) is 0 Å². The fraction of sp³-hybridized carbons (Fsp3) is 0.875. The molecule has 1 fully saturated rings. The zero-order valence-electron chi connectivity index (χ0n) is 7.25. The number of hydrogen-bond acceptors (Lipinski definition) is 1. The second-order valence-electron chi connectivity index (χ2n) is 3.26. The zero-order valence-corrected chi connectivity index (χ0v) is 9.66. The summed E-state index contributed by atoms with van der Waals surface area (Å²) in [4.78, 5) is 10.6. The molecule has 0 saturated carbocycles. The fourth-order valence-corrected chi connectivity index (χ4v) is 7.41. The van der Waals surface area contributed by atoms with Crippen molar-refractivity contribution in [2.75, 3.05) is 11.5 Å². The van der Waals surface area contributed by atoms with Crippen LogP contribution in [0.3, 0.4) is 0 Å². The van der Waals surface area contributed by atoms with Crippen LogP contribution in [0.2, 0.25) is 0 Å². The van der Waals surface area contributed by atoms with Crippen molar-refractivity contribution in [3.63, 3.8) is 0 Å². The second kappa shape index (κ2) is 4.01. The molecule has 2 atom stereocenters. The van der Waals surface area contributed by atoms with Crippen LogP contribution in [0.15, 0.2) is 0 Å². The van der Waals surface area contributed by atoms with E-state index in [1.165, 1.54) is 12.8 Å². The van der Waals surface area contributed by atoms with Gasteiger partial charge in [0.25, 0.3) is 0 Å². The first kappa shape index (κ1) is 10.4. The average Bonchev–Trinajstić information content (AvgIpc) is 2.28. The van der Waals surface area contributed by atoms with E-state index in [4.69, 9.17) is 5.11 Å². The molecule has 1 N–H and O–H groups in total. The summed E-state index contributed by atoms with van der Waals surface area (Å²) in [7, 11) is -0.981. The minimum Gasteiger partial charge on any atom is -0.481 e. The molecule has 1 saturated heterocycles. The molecule has 72 valence electrons. The maximum atomic E-state index is 10.6. The number of aliphatic carboxylic acids is 1. The van der Waals surface area contributed by atoms with Crippen LogP contribution in [-0.2, 0) is 4.79 Å². The lowest BCUT2D eigenvalue weighted by Gasteiger charge is -2.32. The van der Waals surface area contributed by atoms with Gasteiger partial charge in [0.2, 0.25) is 0 Å². The number of carboxylic acids is 1. The zero-order chi connectivity index (χ0) is 9.19. The Bertz CT molecular complexity index is 186. The molecule has 4 heteroatoms. The van der Waals surface area contributed by atoms with Crippen molar-refractivity contribution >= 4 is 29.2 Å². The van der Waals surface area contributed by atoms with Gasteiger partial charge in [-0.2, -0.15) is 8.46 Å². The summed E-state index contributed by atoms with van der Waals surface area (Å²) >= 11 is 3.68. The van der Waals surface area contributed by atoms with Crippen molar-refractivity contribution in [3.05, 3.63) is 0 Å². The Labute approximate surface area is 82.2 Å². The normalized spacial score (nSPS) is 40.7. The van der Waals surface area contributed by atoms with Gasteiger partial charge < -0.3 is 5.11 Å². The maximum absolute atomic E-state index is 10.6. The van der Waals surface area contributed by atoms with Crippen LogP contribution in [0.25, 0.3) is 0 Å².